The third kappa shape index (κ3) is 3.10. The van der Waals surface area contributed by atoms with Gasteiger partial charge in [-0.2, -0.15) is 0 Å². The van der Waals surface area contributed by atoms with Gasteiger partial charge in [0.2, 0.25) is 0 Å². The lowest BCUT2D eigenvalue weighted by Gasteiger charge is -2.10. The molecule has 1 aromatic carbocycles. The third-order valence-corrected chi connectivity index (χ3v) is 2.98. The topological polar surface area (TPSA) is 54.0 Å². The van der Waals surface area contributed by atoms with E-state index >= 15 is 0 Å². The van der Waals surface area contributed by atoms with Crippen LogP contribution < -0.4 is 10.6 Å². The van der Waals surface area contributed by atoms with Crippen molar-refractivity contribution in [2.45, 2.75) is 13.5 Å². The summed E-state index contributed by atoms with van der Waals surface area (Å²) in [5.41, 5.74) is 3.42. The maximum atomic E-state index is 12.1. The van der Waals surface area contributed by atoms with Crippen LogP contribution in [0.15, 0.2) is 42.6 Å². The molecule has 1 aromatic heterocycles. The Balaban J connectivity index is 2.08. The molecule has 2 N–H and O–H groups in total. The third-order valence-electron chi connectivity index (χ3n) is 2.98. The number of hydrogen-bond donors (Lipinski definition) is 2. The van der Waals surface area contributed by atoms with Gasteiger partial charge in [-0.1, -0.05) is 18.2 Å². The Morgan fingerprint density at radius 1 is 1.21 bits per heavy atom. The Labute approximate surface area is 112 Å². The number of hydrogen-bond acceptors (Lipinski definition) is 3. The van der Waals surface area contributed by atoms with Crippen LogP contribution in [0.5, 0.6) is 0 Å². The minimum absolute atomic E-state index is 0.102. The van der Waals surface area contributed by atoms with Gasteiger partial charge < -0.3 is 10.6 Å². The number of nitrogens with zero attached hydrogens (tertiary/aromatic N) is 1. The van der Waals surface area contributed by atoms with Crippen molar-refractivity contribution in [2.75, 3.05) is 12.4 Å². The smallest absolute Gasteiger partial charge is 0.253 e. The Kier molecular flexibility index (Phi) is 4.13. The molecule has 0 saturated heterocycles. The second kappa shape index (κ2) is 6.00. The molecule has 0 radical (unpaired) electrons. The number of aromatic nitrogens is 1. The van der Waals surface area contributed by atoms with E-state index in [0.717, 1.165) is 16.9 Å². The van der Waals surface area contributed by atoms with E-state index in [0.29, 0.717) is 12.1 Å². The fourth-order valence-corrected chi connectivity index (χ4v) is 1.86. The molecule has 98 valence electrons. The predicted molar refractivity (Wildman–Crippen MR) is 76.1 cm³/mol. The average molecular weight is 255 g/mol. The van der Waals surface area contributed by atoms with E-state index in [1.165, 1.54) is 0 Å². The number of rotatable bonds is 4. The summed E-state index contributed by atoms with van der Waals surface area (Å²) in [5.74, 6) is -0.102. The molecule has 0 aliphatic rings. The van der Waals surface area contributed by atoms with E-state index in [1.54, 1.807) is 19.3 Å². The van der Waals surface area contributed by atoms with Crippen LogP contribution in [0.25, 0.3) is 0 Å². The number of benzene rings is 1. The summed E-state index contributed by atoms with van der Waals surface area (Å²) < 4.78 is 0. The molecule has 0 saturated carbocycles. The summed E-state index contributed by atoms with van der Waals surface area (Å²) in [6, 6.07) is 11.3. The van der Waals surface area contributed by atoms with Crippen molar-refractivity contribution in [3.8, 4) is 0 Å². The van der Waals surface area contributed by atoms with Crippen LogP contribution in [0.4, 0.5) is 5.69 Å². The number of para-hydroxylation sites is 1. The second-order valence-electron chi connectivity index (χ2n) is 4.25. The van der Waals surface area contributed by atoms with E-state index < -0.39 is 0 Å². The molecule has 2 aromatic rings. The molecule has 0 aliphatic heterocycles. The highest BCUT2D eigenvalue weighted by atomic mass is 16.1. The van der Waals surface area contributed by atoms with Gasteiger partial charge in [0.25, 0.3) is 5.91 Å². The minimum atomic E-state index is -0.102. The molecular formula is C15H17N3O. The zero-order chi connectivity index (χ0) is 13.7. The van der Waals surface area contributed by atoms with Gasteiger partial charge in [0.1, 0.15) is 0 Å². The first kappa shape index (κ1) is 13.1. The highest BCUT2D eigenvalue weighted by molar-refractivity contribution is 5.99. The predicted octanol–water partition coefficient (Wildman–Crippen LogP) is 2.36. The number of aryl methyl sites for hydroxylation is 1. The number of pyridine rings is 1. The van der Waals surface area contributed by atoms with E-state index in [4.69, 9.17) is 0 Å². The maximum absolute atomic E-state index is 12.1. The number of carbonyl (C=O) groups is 1. The molecule has 0 fully saturated rings. The molecule has 0 unspecified atom stereocenters. The summed E-state index contributed by atoms with van der Waals surface area (Å²) in [5, 5.41) is 5.90. The Bertz CT molecular complexity index is 581. The molecule has 4 nitrogen and oxygen atoms in total. The SMILES string of the molecule is CNc1ccccc1C(=O)NCc1ncccc1C. The summed E-state index contributed by atoms with van der Waals surface area (Å²) in [6.45, 7) is 2.42. The first-order valence-corrected chi connectivity index (χ1v) is 6.18. The van der Waals surface area contributed by atoms with Crippen LogP contribution in [0, 0.1) is 6.92 Å². The van der Waals surface area contributed by atoms with Crippen LogP contribution in [-0.4, -0.2) is 17.9 Å². The van der Waals surface area contributed by atoms with Gasteiger partial charge in [-0.05, 0) is 30.7 Å². The van der Waals surface area contributed by atoms with Crippen LogP contribution in [0.1, 0.15) is 21.6 Å². The first-order valence-electron chi connectivity index (χ1n) is 6.18. The largest absolute Gasteiger partial charge is 0.387 e. The molecule has 4 heteroatoms. The molecule has 1 heterocycles. The summed E-state index contributed by atoms with van der Waals surface area (Å²) in [7, 11) is 1.80. The summed E-state index contributed by atoms with van der Waals surface area (Å²) in [6.07, 6.45) is 1.73. The highest BCUT2D eigenvalue weighted by Crippen LogP contribution is 2.14. The molecule has 2 rings (SSSR count). The quantitative estimate of drug-likeness (QED) is 0.881. The highest BCUT2D eigenvalue weighted by Gasteiger charge is 2.10. The van der Waals surface area contributed by atoms with E-state index in [1.807, 2.05) is 37.3 Å². The van der Waals surface area contributed by atoms with Gasteiger partial charge >= 0.3 is 0 Å². The Hall–Kier alpha value is -2.36. The fourth-order valence-electron chi connectivity index (χ4n) is 1.86. The van der Waals surface area contributed by atoms with Gasteiger partial charge in [0, 0.05) is 18.9 Å². The Morgan fingerprint density at radius 3 is 2.74 bits per heavy atom. The number of carbonyl (C=O) groups excluding carboxylic acids is 1. The van der Waals surface area contributed by atoms with Gasteiger partial charge in [-0.15, -0.1) is 0 Å². The van der Waals surface area contributed by atoms with Crippen molar-refractivity contribution < 1.29 is 4.79 Å². The van der Waals surface area contributed by atoms with Crippen molar-refractivity contribution in [1.82, 2.24) is 10.3 Å². The molecule has 0 spiro atoms. The molecule has 0 bridgehead atoms. The molecule has 1 amide bonds. The first-order chi connectivity index (χ1) is 9.22. The normalized spacial score (nSPS) is 10.0. The zero-order valence-corrected chi connectivity index (χ0v) is 11.1. The van der Waals surface area contributed by atoms with E-state index in [-0.39, 0.29) is 5.91 Å². The van der Waals surface area contributed by atoms with Gasteiger partial charge in [0.05, 0.1) is 17.8 Å². The average Bonchev–Trinajstić information content (AvgIpc) is 2.46. The van der Waals surface area contributed by atoms with E-state index in [2.05, 4.69) is 15.6 Å². The van der Waals surface area contributed by atoms with Crippen LogP contribution in [0.2, 0.25) is 0 Å². The lowest BCUT2D eigenvalue weighted by Crippen LogP contribution is -2.24. The van der Waals surface area contributed by atoms with Gasteiger partial charge in [-0.25, -0.2) is 0 Å². The molecular weight excluding hydrogens is 238 g/mol. The summed E-state index contributed by atoms with van der Waals surface area (Å²) >= 11 is 0. The lowest BCUT2D eigenvalue weighted by molar-refractivity contribution is 0.0951. The van der Waals surface area contributed by atoms with E-state index in [9.17, 15) is 4.79 Å². The Morgan fingerprint density at radius 2 is 2.00 bits per heavy atom. The van der Waals surface area contributed by atoms with Crippen LogP contribution in [-0.2, 0) is 6.54 Å². The fraction of sp³-hybridized carbons (Fsp3) is 0.200. The molecule has 0 aliphatic carbocycles. The van der Waals surface area contributed by atoms with Gasteiger partial charge in [-0.3, -0.25) is 9.78 Å². The van der Waals surface area contributed by atoms with Crippen molar-refractivity contribution in [2.24, 2.45) is 0 Å². The standard InChI is InChI=1S/C15H17N3O/c1-11-6-5-9-17-14(11)10-18-15(19)12-7-3-4-8-13(12)16-2/h3-9,16H,10H2,1-2H3,(H,18,19). The maximum Gasteiger partial charge on any atom is 0.253 e. The number of amides is 1. The van der Waals surface area contributed by atoms with Crippen LogP contribution in [0.3, 0.4) is 0 Å². The number of nitrogens with one attached hydrogen (secondary N) is 2. The minimum Gasteiger partial charge on any atom is -0.387 e. The van der Waals surface area contributed by atoms with Crippen molar-refractivity contribution in [3.63, 3.8) is 0 Å². The molecule has 0 atom stereocenters. The van der Waals surface area contributed by atoms with Crippen molar-refractivity contribution in [3.05, 3.63) is 59.4 Å². The van der Waals surface area contributed by atoms with Crippen molar-refractivity contribution >= 4 is 11.6 Å². The summed E-state index contributed by atoms with van der Waals surface area (Å²) in [4.78, 5) is 16.4. The lowest BCUT2D eigenvalue weighted by atomic mass is 10.1. The monoisotopic (exact) mass is 255 g/mol. The second-order valence-corrected chi connectivity index (χ2v) is 4.25. The zero-order valence-electron chi connectivity index (χ0n) is 11.1. The van der Waals surface area contributed by atoms with Crippen LogP contribution >= 0.6 is 0 Å². The van der Waals surface area contributed by atoms with Crippen molar-refractivity contribution in [1.29, 1.82) is 0 Å². The molecule has 19 heavy (non-hydrogen) atoms. The number of anilines is 1. The van der Waals surface area contributed by atoms with Gasteiger partial charge in [0.15, 0.2) is 0 Å².